The van der Waals surface area contributed by atoms with Gasteiger partial charge in [0.1, 0.15) is 5.82 Å². The number of hydrogen-bond acceptors (Lipinski definition) is 6. The number of aromatic nitrogens is 2. The van der Waals surface area contributed by atoms with Crippen molar-refractivity contribution in [1.82, 2.24) is 14.9 Å². The lowest BCUT2D eigenvalue weighted by Gasteiger charge is -2.26. The summed E-state index contributed by atoms with van der Waals surface area (Å²) in [7, 11) is 3.97. The van der Waals surface area contributed by atoms with Crippen LogP contribution in [0.15, 0.2) is 0 Å². The van der Waals surface area contributed by atoms with Gasteiger partial charge in [0.2, 0.25) is 5.95 Å². The Morgan fingerprint density at radius 1 is 1.00 bits per heavy atom. The van der Waals surface area contributed by atoms with E-state index in [9.17, 15) is 5.11 Å². The highest BCUT2D eigenvalue weighted by Gasteiger charge is 2.35. The molecule has 1 N–H and O–H groups in total. The fourth-order valence-corrected chi connectivity index (χ4v) is 4.28. The Balaban J connectivity index is 1.76. The van der Waals surface area contributed by atoms with Gasteiger partial charge >= 0.3 is 0 Å². The maximum atomic E-state index is 9.97. The summed E-state index contributed by atoms with van der Waals surface area (Å²) in [6.45, 7) is 9.83. The van der Waals surface area contributed by atoms with E-state index in [2.05, 4.69) is 28.6 Å². The number of aliphatic hydroxyl groups excluding tert-OH is 1. The van der Waals surface area contributed by atoms with Crippen LogP contribution in [0.25, 0.3) is 0 Å². The number of anilines is 2. The van der Waals surface area contributed by atoms with Crippen LogP contribution in [-0.2, 0) is 0 Å². The third-order valence-corrected chi connectivity index (χ3v) is 6.05. The van der Waals surface area contributed by atoms with Crippen molar-refractivity contribution in [2.75, 3.05) is 63.2 Å². The standard InChI is InChI=1S/C20H35N5O/c1-15-16(2)21-20(23(3)4)22-19(15)25-12-17(18(13-25)14-26)11-24-9-7-5-6-8-10-24/h17-18,26H,5-14H2,1-4H3/t17-,18-/m1/s1. The lowest BCUT2D eigenvalue weighted by molar-refractivity contribution is 0.165. The van der Waals surface area contributed by atoms with Crippen molar-refractivity contribution < 1.29 is 5.11 Å². The monoisotopic (exact) mass is 361 g/mol. The molecule has 2 aliphatic rings. The maximum Gasteiger partial charge on any atom is 0.227 e. The average molecular weight is 362 g/mol. The van der Waals surface area contributed by atoms with Crippen LogP contribution < -0.4 is 9.80 Å². The van der Waals surface area contributed by atoms with Crippen LogP contribution in [0.2, 0.25) is 0 Å². The van der Waals surface area contributed by atoms with Crippen LogP contribution in [0.5, 0.6) is 0 Å². The highest BCUT2D eigenvalue weighted by molar-refractivity contribution is 5.53. The highest BCUT2D eigenvalue weighted by atomic mass is 16.3. The van der Waals surface area contributed by atoms with E-state index in [1.165, 1.54) is 38.8 Å². The lowest BCUT2D eigenvalue weighted by atomic mass is 9.96. The number of rotatable bonds is 5. The second kappa shape index (κ2) is 8.53. The molecular formula is C20H35N5O. The highest BCUT2D eigenvalue weighted by Crippen LogP contribution is 2.31. The molecule has 1 aromatic rings. The number of hydrogen-bond donors (Lipinski definition) is 1. The number of aliphatic hydroxyl groups is 1. The van der Waals surface area contributed by atoms with E-state index in [1.54, 1.807) is 0 Å². The van der Waals surface area contributed by atoms with Crippen molar-refractivity contribution >= 4 is 11.8 Å². The Morgan fingerprint density at radius 3 is 2.27 bits per heavy atom. The topological polar surface area (TPSA) is 55.7 Å². The first-order valence-corrected chi connectivity index (χ1v) is 10.1. The normalized spacial score (nSPS) is 24.7. The molecule has 0 amide bonds. The largest absolute Gasteiger partial charge is 0.396 e. The molecule has 0 aromatic carbocycles. The zero-order chi connectivity index (χ0) is 18.7. The molecule has 0 aliphatic carbocycles. The van der Waals surface area contributed by atoms with Crippen molar-refractivity contribution in [3.05, 3.63) is 11.3 Å². The molecule has 146 valence electrons. The van der Waals surface area contributed by atoms with Crippen molar-refractivity contribution in [2.24, 2.45) is 11.8 Å². The molecule has 3 heterocycles. The van der Waals surface area contributed by atoms with Crippen molar-refractivity contribution in [1.29, 1.82) is 0 Å². The Labute approximate surface area is 158 Å². The minimum atomic E-state index is 0.263. The smallest absolute Gasteiger partial charge is 0.227 e. The van der Waals surface area contributed by atoms with E-state index in [-0.39, 0.29) is 6.61 Å². The summed E-state index contributed by atoms with van der Waals surface area (Å²) in [6, 6.07) is 0. The van der Waals surface area contributed by atoms with E-state index >= 15 is 0 Å². The van der Waals surface area contributed by atoms with E-state index in [0.717, 1.165) is 42.7 Å². The summed E-state index contributed by atoms with van der Waals surface area (Å²) in [5.41, 5.74) is 2.19. The van der Waals surface area contributed by atoms with Gasteiger partial charge < -0.3 is 19.8 Å². The molecule has 2 aliphatic heterocycles. The molecule has 0 spiro atoms. The summed E-state index contributed by atoms with van der Waals surface area (Å²) in [6.07, 6.45) is 5.36. The van der Waals surface area contributed by atoms with Gasteiger partial charge in [0.25, 0.3) is 0 Å². The molecule has 2 atom stereocenters. The quantitative estimate of drug-likeness (QED) is 0.867. The molecule has 3 rings (SSSR count). The van der Waals surface area contributed by atoms with Crippen LogP contribution in [0.3, 0.4) is 0 Å². The van der Waals surface area contributed by atoms with Crippen LogP contribution in [-0.4, -0.2) is 73.4 Å². The summed E-state index contributed by atoms with van der Waals surface area (Å²) in [4.78, 5) is 16.4. The minimum absolute atomic E-state index is 0.263. The molecular weight excluding hydrogens is 326 g/mol. The minimum Gasteiger partial charge on any atom is -0.396 e. The summed E-state index contributed by atoms with van der Waals surface area (Å²) in [5.74, 6) is 2.64. The first-order valence-electron chi connectivity index (χ1n) is 10.1. The maximum absolute atomic E-state index is 9.97. The van der Waals surface area contributed by atoms with Crippen molar-refractivity contribution in [2.45, 2.75) is 39.5 Å². The third-order valence-electron chi connectivity index (χ3n) is 6.05. The van der Waals surface area contributed by atoms with Gasteiger partial charge in [-0.25, -0.2) is 4.98 Å². The Hall–Kier alpha value is -1.40. The van der Waals surface area contributed by atoms with Gasteiger partial charge in [-0.15, -0.1) is 0 Å². The Morgan fingerprint density at radius 2 is 1.65 bits per heavy atom. The third kappa shape index (κ3) is 4.29. The van der Waals surface area contributed by atoms with Crippen molar-refractivity contribution in [3.63, 3.8) is 0 Å². The number of nitrogens with zero attached hydrogens (tertiary/aromatic N) is 5. The zero-order valence-electron chi connectivity index (χ0n) is 16.9. The zero-order valence-corrected chi connectivity index (χ0v) is 16.9. The molecule has 1 aromatic heterocycles. The predicted octanol–water partition coefficient (Wildman–Crippen LogP) is 2.08. The van der Waals surface area contributed by atoms with E-state index in [0.29, 0.717) is 11.8 Å². The van der Waals surface area contributed by atoms with Crippen molar-refractivity contribution in [3.8, 4) is 0 Å². The van der Waals surface area contributed by atoms with Gasteiger partial charge in [0.15, 0.2) is 0 Å². The van der Waals surface area contributed by atoms with Crippen LogP contribution in [0.1, 0.15) is 36.9 Å². The SMILES string of the molecule is Cc1nc(N(C)C)nc(N2C[C@@H](CN3CCCCCC3)[C@@H](CO)C2)c1C. The van der Waals surface area contributed by atoms with Gasteiger partial charge in [-0.3, -0.25) is 0 Å². The second-order valence-corrected chi connectivity index (χ2v) is 8.27. The molecule has 6 heteroatoms. The predicted molar refractivity (Wildman–Crippen MR) is 107 cm³/mol. The van der Waals surface area contributed by atoms with Gasteiger partial charge in [0.05, 0.1) is 0 Å². The molecule has 6 nitrogen and oxygen atoms in total. The van der Waals surface area contributed by atoms with E-state index in [1.807, 2.05) is 19.0 Å². The Bertz CT molecular complexity index is 598. The van der Waals surface area contributed by atoms with Crippen LogP contribution in [0, 0.1) is 25.7 Å². The van der Waals surface area contributed by atoms with E-state index in [4.69, 9.17) is 4.98 Å². The average Bonchev–Trinajstić information content (AvgIpc) is 2.83. The second-order valence-electron chi connectivity index (χ2n) is 8.27. The first-order chi connectivity index (χ1) is 12.5. The number of likely N-dealkylation sites (tertiary alicyclic amines) is 1. The molecule has 0 unspecified atom stereocenters. The van der Waals surface area contributed by atoms with Gasteiger partial charge in [-0.1, -0.05) is 12.8 Å². The van der Waals surface area contributed by atoms with Crippen LogP contribution in [0.4, 0.5) is 11.8 Å². The number of aryl methyl sites for hydroxylation is 1. The van der Waals surface area contributed by atoms with E-state index < -0.39 is 0 Å². The molecule has 0 bridgehead atoms. The van der Waals surface area contributed by atoms with Gasteiger partial charge in [0, 0.05) is 57.5 Å². The lowest BCUT2D eigenvalue weighted by Crippen LogP contribution is -2.34. The summed E-state index contributed by atoms with van der Waals surface area (Å²) >= 11 is 0. The summed E-state index contributed by atoms with van der Waals surface area (Å²) in [5, 5.41) is 9.97. The van der Waals surface area contributed by atoms with Crippen LogP contribution >= 0.6 is 0 Å². The Kier molecular flexibility index (Phi) is 6.35. The fourth-order valence-electron chi connectivity index (χ4n) is 4.28. The molecule has 0 radical (unpaired) electrons. The molecule has 2 fully saturated rings. The molecule has 26 heavy (non-hydrogen) atoms. The first kappa shape index (κ1) is 19.4. The van der Waals surface area contributed by atoms with Gasteiger partial charge in [-0.05, 0) is 45.7 Å². The molecule has 2 saturated heterocycles. The van der Waals surface area contributed by atoms with Gasteiger partial charge in [-0.2, -0.15) is 4.98 Å². The summed E-state index contributed by atoms with van der Waals surface area (Å²) < 4.78 is 0. The molecule has 0 saturated carbocycles. The fraction of sp³-hybridized carbons (Fsp3) is 0.800.